The van der Waals surface area contributed by atoms with Crippen LogP contribution in [-0.4, -0.2) is 57.4 Å². The Morgan fingerprint density at radius 2 is 1.61 bits per heavy atom. The smallest absolute Gasteiger partial charge is 0.293 e. The largest absolute Gasteiger partial charge is 0.360 e. The minimum atomic E-state index is -4.01. The van der Waals surface area contributed by atoms with Gasteiger partial charge in [-0.1, -0.05) is 18.2 Å². The fourth-order valence-electron chi connectivity index (χ4n) is 3.31. The zero-order valence-electron chi connectivity index (χ0n) is 18.2. The van der Waals surface area contributed by atoms with Crippen LogP contribution >= 0.6 is 0 Å². The standard InChI is InChI=1S/C21H28N4O5S/c1-5-23(6-2)21(26)16-22(4)19-14-13-18(15-20(19)25(27)28)31(29,30)24(7-3)17-11-9-8-10-12-17/h8-15H,5-7,16H2,1-4H3. The van der Waals surface area contributed by atoms with E-state index in [1.165, 1.54) is 21.3 Å². The van der Waals surface area contributed by atoms with E-state index in [0.717, 1.165) is 6.07 Å². The molecule has 0 saturated carbocycles. The lowest BCUT2D eigenvalue weighted by Crippen LogP contribution is -2.39. The molecule has 31 heavy (non-hydrogen) atoms. The van der Waals surface area contributed by atoms with Crippen LogP contribution in [0.2, 0.25) is 0 Å². The van der Waals surface area contributed by atoms with Crippen LogP contribution in [0.4, 0.5) is 17.1 Å². The van der Waals surface area contributed by atoms with Crippen molar-refractivity contribution < 1.29 is 18.1 Å². The van der Waals surface area contributed by atoms with Gasteiger partial charge in [-0.25, -0.2) is 8.42 Å². The zero-order valence-corrected chi connectivity index (χ0v) is 19.0. The van der Waals surface area contributed by atoms with Gasteiger partial charge in [0.1, 0.15) is 5.69 Å². The number of anilines is 2. The number of carbonyl (C=O) groups is 1. The van der Waals surface area contributed by atoms with E-state index in [2.05, 4.69) is 0 Å². The van der Waals surface area contributed by atoms with Gasteiger partial charge in [0.2, 0.25) is 5.91 Å². The third kappa shape index (κ3) is 5.32. The van der Waals surface area contributed by atoms with Gasteiger partial charge >= 0.3 is 0 Å². The summed E-state index contributed by atoms with van der Waals surface area (Å²) in [6.07, 6.45) is 0. The maximum Gasteiger partial charge on any atom is 0.293 e. The van der Waals surface area contributed by atoms with Crippen molar-refractivity contribution in [1.82, 2.24) is 4.90 Å². The Labute approximate surface area is 183 Å². The predicted octanol–water partition coefficient (Wildman–Crippen LogP) is 3.11. The minimum absolute atomic E-state index is 0.0558. The molecule has 0 aliphatic carbocycles. The molecule has 9 nitrogen and oxygen atoms in total. The van der Waals surface area contributed by atoms with Crippen LogP contribution in [0.1, 0.15) is 20.8 Å². The molecular formula is C21H28N4O5S. The Morgan fingerprint density at radius 1 is 1.00 bits per heavy atom. The first kappa shape index (κ1) is 24.1. The number of para-hydroxylation sites is 1. The van der Waals surface area contributed by atoms with E-state index in [9.17, 15) is 23.3 Å². The molecule has 10 heteroatoms. The molecule has 2 rings (SSSR count). The Morgan fingerprint density at radius 3 is 2.13 bits per heavy atom. The molecule has 1 amide bonds. The van der Waals surface area contributed by atoms with Gasteiger partial charge < -0.3 is 9.80 Å². The van der Waals surface area contributed by atoms with Gasteiger partial charge in [-0.05, 0) is 45.0 Å². The second-order valence-electron chi connectivity index (χ2n) is 6.84. The lowest BCUT2D eigenvalue weighted by molar-refractivity contribution is -0.384. The summed E-state index contributed by atoms with van der Waals surface area (Å²) in [5, 5.41) is 11.7. The SMILES string of the molecule is CCN(CC)C(=O)CN(C)c1ccc(S(=O)(=O)N(CC)c2ccccc2)cc1[N+](=O)[O-]. The number of nitro benzene ring substituents is 1. The van der Waals surface area contributed by atoms with E-state index >= 15 is 0 Å². The number of sulfonamides is 1. The normalized spacial score (nSPS) is 11.1. The highest BCUT2D eigenvalue weighted by Crippen LogP contribution is 2.32. The first-order valence-electron chi connectivity index (χ1n) is 10.0. The van der Waals surface area contributed by atoms with Crippen molar-refractivity contribution in [2.24, 2.45) is 0 Å². The molecule has 0 saturated heterocycles. The second-order valence-corrected chi connectivity index (χ2v) is 8.70. The third-order valence-corrected chi connectivity index (χ3v) is 6.86. The average Bonchev–Trinajstić information content (AvgIpc) is 2.75. The molecule has 0 aromatic heterocycles. The van der Waals surface area contributed by atoms with Gasteiger partial charge in [-0.2, -0.15) is 0 Å². The fraction of sp³-hybridized carbons (Fsp3) is 0.381. The number of rotatable bonds is 10. The van der Waals surface area contributed by atoms with Crippen LogP contribution in [-0.2, 0) is 14.8 Å². The van der Waals surface area contributed by atoms with E-state index < -0.39 is 14.9 Å². The molecule has 0 aliphatic rings. The molecule has 0 fully saturated rings. The molecule has 0 heterocycles. The number of hydrogen-bond donors (Lipinski definition) is 0. The van der Waals surface area contributed by atoms with E-state index in [1.54, 1.807) is 49.2 Å². The molecule has 2 aromatic rings. The summed E-state index contributed by atoms with van der Waals surface area (Å²) >= 11 is 0. The highest BCUT2D eigenvalue weighted by Gasteiger charge is 2.28. The lowest BCUT2D eigenvalue weighted by atomic mass is 10.2. The van der Waals surface area contributed by atoms with E-state index in [1.807, 2.05) is 13.8 Å². The summed E-state index contributed by atoms with van der Waals surface area (Å²) in [5.41, 5.74) is 0.269. The average molecular weight is 449 g/mol. The topological polar surface area (TPSA) is 104 Å². The summed E-state index contributed by atoms with van der Waals surface area (Å²) in [4.78, 5) is 26.4. The second kappa shape index (κ2) is 10.3. The van der Waals surface area contributed by atoms with Gasteiger partial charge in [0.05, 0.1) is 22.1 Å². The molecule has 0 spiro atoms. The van der Waals surface area contributed by atoms with Crippen LogP contribution < -0.4 is 9.21 Å². The number of carbonyl (C=O) groups excluding carboxylic acids is 1. The first-order chi connectivity index (χ1) is 14.7. The molecule has 0 N–H and O–H groups in total. The number of amides is 1. The highest BCUT2D eigenvalue weighted by atomic mass is 32.2. The molecule has 0 atom stereocenters. The quantitative estimate of drug-likeness (QED) is 0.409. The van der Waals surface area contributed by atoms with Crippen LogP contribution in [0.25, 0.3) is 0 Å². The maximum atomic E-state index is 13.2. The number of nitro groups is 1. The van der Waals surface area contributed by atoms with Gasteiger partial charge in [-0.3, -0.25) is 19.2 Å². The van der Waals surface area contributed by atoms with Crippen LogP contribution in [0, 0.1) is 10.1 Å². The van der Waals surface area contributed by atoms with Gasteiger partial charge in [-0.15, -0.1) is 0 Å². The fourth-order valence-corrected chi connectivity index (χ4v) is 4.80. The summed E-state index contributed by atoms with van der Waals surface area (Å²) in [6.45, 7) is 6.59. The molecule has 0 aliphatic heterocycles. The molecular weight excluding hydrogens is 420 g/mol. The van der Waals surface area contributed by atoms with Crippen molar-refractivity contribution >= 4 is 33.0 Å². The Bertz CT molecular complexity index is 1020. The summed E-state index contributed by atoms with van der Waals surface area (Å²) in [7, 11) is -2.44. The Balaban J connectivity index is 2.43. The Hall–Kier alpha value is -3.14. The number of nitrogens with zero attached hydrogens (tertiary/aromatic N) is 4. The molecule has 0 radical (unpaired) electrons. The minimum Gasteiger partial charge on any atom is -0.360 e. The summed E-state index contributed by atoms with van der Waals surface area (Å²) in [6, 6.07) is 12.3. The van der Waals surface area contributed by atoms with Crippen molar-refractivity contribution in [1.29, 1.82) is 0 Å². The van der Waals surface area contributed by atoms with Crippen molar-refractivity contribution in [3.05, 3.63) is 58.6 Å². The molecule has 0 unspecified atom stereocenters. The van der Waals surface area contributed by atoms with E-state index in [-0.39, 0.29) is 35.3 Å². The van der Waals surface area contributed by atoms with Crippen LogP contribution in [0.3, 0.4) is 0 Å². The van der Waals surface area contributed by atoms with E-state index in [4.69, 9.17) is 0 Å². The van der Waals surface area contributed by atoms with Crippen molar-refractivity contribution in [3.63, 3.8) is 0 Å². The maximum absolute atomic E-state index is 13.2. The lowest BCUT2D eigenvalue weighted by Gasteiger charge is -2.25. The van der Waals surface area contributed by atoms with Crippen molar-refractivity contribution in [2.75, 3.05) is 42.4 Å². The van der Waals surface area contributed by atoms with Crippen LogP contribution in [0.15, 0.2) is 53.4 Å². The monoisotopic (exact) mass is 448 g/mol. The van der Waals surface area contributed by atoms with Crippen LogP contribution in [0.5, 0.6) is 0 Å². The zero-order chi connectivity index (χ0) is 23.2. The summed E-state index contributed by atoms with van der Waals surface area (Å²) in [5.74, 6) is -0.167. The number of likely N-dealkylation sites (N-methyl/N-ethyl adjacent to an activating group) is 2. The number of benzene rings is 2. The molecule has 168 valence electrons. The molecule has 2 aromatic carbocycles. The molecule has 0 bridgehead atoms. The van der Waals surface area contributed by atoms with Crippen molar-refractivity contribution in [2.45, 2.75) is 25.7 Å². The highest BCUT2D eigenvalue weighted by molar-refractivity contribution is 7.92. The Kier molecular flexibility index (Phi) is 7.98. The first-order valence-corrected chi connectivity index (χ1v) is 11.5. The summed E-state index contributed by atoms with van der Waals surface area (Å²) < 4.78 is 27.6. The van der Waals surface area contributed by atoms with Gasteiger partial charge in [0.15, 0.2) is 0 Å². The van der Waals surface area contributed by atoms with Gasteiger partial charge in [0, 0.05) is 32.7 Å². The van der Waals surface area contributed by atoms with E-state index in [0.29, 0.717) is 18.8 Å². The number of hydrogen-bond acceptors (Lipinski definition) is 6. The van der Waals surface area contributed by atoms with Gasteiger partial charge in [0.25, 0.3) is 15.7 Å². The van der Waals surface area contributed by atoms with Crippen molar-refractivity contribution in [3.8, 4) is 0 Å². The third-order valence-electron chi connectivity index (χ3n) is 4.96. The predicted molar refractivity (Wildman–Crippen MR) is 121 cm³/mol.